The van der Waals surface area contributed by atoms with E-state index in [1.165, 1.54) is 0 Å². The van der Waals surface area contributed by atoms with Crippen molar-refractivity contribution in [2.45, 2.75) is 46.6 Å². The third-order valence-electron chi connectivity index (χ3n) is 5.50. The topological polar surface area (TPSA) is 75.3 Å². The predicted octanol–water partition coefficient (Wildman–Crippen LogP) is 3.94. The van der Waals surface area contributed by atoms with Crippen LogP contribution in [0.2, 0.25) is 0 Å². The van der Waals surface area contributed by atoms with Gasteiger partial charge in [-0.15, -0.1) is 0 Å². The molecule has 0 spiro atoms. The van der Waals surface area contributed by atoms with Gasteiger partial charge in [-0.25, -0.2) is 4.79 Å². The van der Waals surface area contributed by atoms with Gasteiger partial charge in [-0.3, -0.25) is 4.79 Å². The molecule has 1 aliphatic heterocycles. The van der Waals surface area contributed by atoms with Crippen LogP contribution in [0.3, 0.4) is 0 Å². The van der Waals surface area contributed by atoms with E-state index >= 15 is 0 Å². The van der Waals surface area contributed by atoms with Crippen LogP contribution < -0.4 is 4.90 Å². The summed E-state index contributed by atoms with van der Waals surface area (Å²) < 4.78 is 7.36. The summed E-state index contributed by atoms with van der Waals surface area (Å²) in [7, 11) is 0. The van der Waals surface area contributed by atoms with E-state index in [1.807, 2.05) is 50.2 Å². The average Bonchev–Trinajstić information content (AvgIpc) is 3.29. The molecule has 0 atom stereocenters. The Bertz CT molecular complexity index is 1030. The number of hydrogen-bond acceptors (Lipinski definition) is 4. The summed E-state index contributed by atoms with van der Waals surface area (Å²) in [6, 6.07) is 11.6. The van der Waals surface area contributed by atoms with Crippen molar-refractivity contribution in [3.63, 3.8) is 0 Å². The lowest BCUT2D eigenvalue weighted by Crippen LogP contribution is -2.33. The smallest absolute Gasteiger partial charge is 0.349 e. The van der Waals surface area contributed by atoms with Gasteiger partial charge in [-0.1, -0.05) is 31.5 Å². The number of rotatable bonds is 7. The summed E-state index contributed by atoms with van der Waals surface area (Å²) in [5.41, 5.74) is 4.76. The summed E-state index contributed by atoms with van der Waals surface area (Å²) in [6.45, 7) is 7.21. The second kappa shape index (κ2) is 9.45. The third-order valence-corrected chi connectivity index (χ3v) is 5.50. The van der Waals surface area contributed by atoms with Crippen LogP contribution in [-0.4, -0.2) is 29.6 Å². The van der Waals surface area contributed by atoms with Gasteiger partial charge in [0.1, 0.15) is 11.6 Å². The number of nitriles is 1. The maximum atomic E-state index is 12.5. The molecule has 0 saturated carbocycles. The highest BCUT2D eigenvalue weighted by molar-refractivity contribution is 6.01. The maximum absolute atomic E-state index is 12.5. The number of benzene rings is 1. The Kier molecular flexibility index (Phi) is 6.73. The molecule has 0 bridgehead atoms. The molecule has 0 fully saturated rings. The number of nitrogens with zero attached hydrogens (tertiary/aromatic N) is 3. The zero-order valence-corrected chi connectivity index (χ0v) is 17.8. The summed E-state index contributed by atoms with van der Waals surface area (Å²) in [5, 5.41) is 9.45. The van der Waals surface area contributed by atoms with Crippen LogP contribution in [0.25, 0.3) is 6.08 Å². The molecule has 1 aromatic carbocycles. The molecular formula is C24H27N3O3. The highest BCUT2D eigenvalue weighted by Crippen LogP contribution is 2.27. The van der Waals surface area contributed by atoms with Gasteiger partial charge >= 0.3 is 5.97 Å². The van der Waals surface area contributed by atoms with Gasteiger partial charge in [-0.2, -0.15) is 5.26 Å². The largest absolute Gasteiger partial charge is 0.451 e. The minimum Gasteiger partial charge on any atom is -0.451 e. The molecule has 0 saturated heterocycles. The SMILES string of the molecule is CCCCn1c(C)cc(/C=C(\C#N)C(=O)OCC(=O)N2CCc3ccccc32)c1C. The van der Waals surface area contributed by atoms with Gasteiger partial charge in [0.2, 0.25) is 0 Å². The molecule has 6 nitrogen and oxygen atoms in total. The number of carbonyl (C=O) groups excluding carboxylic acids is 2. The Morgan fingerprint density at radius 3 is 2.77 bits per heavy atom. The molecule has 1 aliphatic rings. The van der Waals surface area contributed by atoms with Crippen LogP contribution in [0.15, 0.2) is 35.9 Å². The van der Waals surface area contributed by atoms with Crippen LogP contribution in [0, 0.1) is 25.2 Å². The zero-order chi connectivity index (χ0) is 21.7. The number of carbonyl (C=O) groups is 2. The standard InChI is InChI=1S/C24H27N3O3/c1-4-5-11-26-17(2)13-20(18(26)3)14-21(15-25)24(29)30-16-23(28)27-12-10-19-8-6-7-9-22(19)27/h6-9,13-14H,4-5,10-12,16H2,1-3H3/b21-14+. The highest BCUT2D eigenvalue weighted by atomic mass is 16.5. The first-order chi connectivity index (χ1) is 14.5. The number of hydrogen-bond donors (Lipinski definition) is 0. The van der Waals surface area contributed by atoms with E-state index in [9.17, 15) is 14.9 Å². The number of esters is 1. The number of anilines is 1. The van der Waals surface area contributed by atoms with Crippen molar-refractivity contribution in [2.75, 3.05) is 18.1 Å². The van der Waals surface area contributed by atoms with Crippen molar-refractivity contribution in [2.24, 2.45) is 0 Å². The molecule has 1 aromatic heterocycles. The highest BCUT2D eigenvalue weighted by Gasteiger charge is 2.25. The number of fused-ring (bicyclic) bond motifs is 1. The predicted molar refractivity (Wildman–Crippen MR) is 116 cm³/mol. The Morgan fingerprint density at radius 2 is 2.03 bits per heavy atom. The van der Waals surface area contributed by atoms with Gasteiger partial charge in [0.15, 0.2) is 6.61 Å². The maximum Gasteiger partial charge on any atom is 0.349 e. The quantitative estimate of drug-likeness (QED) is 0.397. The number of ether oxygens (including phenoxy) is 1. The molecular weight excluding hydrogens is 378 g/mol. The monoisotopic (exact) mass is 405 g/mol. The van der Waals surface area contributed by atoms with Gasteiger partial charge in [0.25, 0.3) is 5.91 Å². The second-order valence-corrected chi connectivity index (χ2v) is 7.50. The Labute approximate surface area is 177 Å². The molecule has 0 radical (unpaired) electrons. The van der Waals surface area contributed by atoms with E-state index in [-0.39, 0.29) is 18.1 Å². The normalized spacial score (nSPS) is 13.1. The zero-order valence-electron chi connectivity index (χ0n) is 17.8. The van der Waals surface area contributed by atoms with E-state index in [0.29, 0.717) is 6.54 Å². The van der Waals surface area contributed by atoms with Gasteiger partial charge < -0.3 is 14.2 Å². The van der Waals surface area contributed by atoms with Crippen molar-refractivity contribution in [3.8, 4) is 6.07 Å². The molecule has 0 N–H and O–H groups in total. The summed E-state index contributed by atoms with van der Waals surface area (Å²) in [5.74, 6) is -1.07. The number of amides is 1. The Morgan fingerprint density at radius 1 is 1.27 bits per heavy atom. The second-order valence-electron chi connectivity index (χ2n) is 7.50. The molecule has 2 heterocycles. The van der Waals surface area contributed by atoms with E-state index in [0.717, 1.165) is 54.0 Å². The van der Waals surface area contributed by atoms with Crippen molar-refractivity contribution in [1.82, 2.24) is 4.57 Å². The molecule has 3 rings (SSSR count). The first kappa shape index (κ1) is 21.4. The lowest BCUT2D eigenvalue weighted by Gasteiger charge is -2.17. The number of aryl methyl sites for hydroxylation is 1. The van der Waals surface area contributed by atoms with Crippen LogP contribution in [-0.2, 0) is 27.3 Å². The van der Waals surface area contributed by atoms with E-state index < -0.39 is 5.97 Å². The van der Waals surface area contributed by atoms with Gasteiger partial charge in [-0.05, 0) is 56.0 Å². The van der Waals surface area contributed by atoms with Gasteiger partial charge in [0.05, 0.1) is 0 Å². The van der Waals surface area contributed by atoms with Crippen molar-refractivity contribution in [1.29, 1.82) is 5.26 Å². The third kappa shape index (κ3) is 4.46. The molecule has 30 heavy (non-hydrogen) atoms. The molecule has 156 valence electrons. The van der Waals surface area contributed by atoms with E-state index in [1.54, 1.807) is 11.0 Å². The molecule has 2 aromatic rings. The summed E-state index contributed by atoms with van der Waals surface area (Å²) >= 11 is 0. The van der Waals surface area contributed by atoms with Crippen molar-refractivity contribution in [3.05, 3.63) is 58.4 Å². The average molecular weight is 405 g/mol. The van der Waals surface area contributed by atoms with Crippen LogP contribution in [0.4, 0.5) is 5.69 Å². The Balaban J connectivity index is 1.67. The van der Waals surface area contributed by atoms with Crippen LogP contribution in [0.1, 0.15) is 42.3 Å². The van der Waals surface area contributed by atoms with E-state index in [2.05, 4.69) is 11.5 Å². The van der Waals surface area contributed by atoms with Crippen LogP contribution in [0.5, 0.6) is 0 Å². The first-order valence-electron chi connectivity index (χ1n) is 10.3. The van der Waals surface area contributed by atoms with Gasteiger partial charge in [0, 0.05) is 30.2 Å². The fourth-order valence-corrected chi connectivity index (χ4v) is 3.81. The van der Waals surface area contributed by atoms with Crippen molar-refractivity contribution < 1.29 is 14.3 Å². The Hall–Kier alpha value is -3.33. The fraction of sp³-hybridized carbons (Fsp3) is 0.375. The minimum absolute atomic E-state index is 0.111. The number of unbranched alkanes of at least 4 members (excludes halogenated alkanes) is 1. The van der Waals surface area contributed by atoms with Crippen molar-refractivity contribution >= 4 is 23.6 Å². The van der Waals surface area contributed by atoms with Crippen LogP contribution >= 0.6 is 0 Å². The molecule has 0 aliphatic carbocycles. The first-order valence-corrected chi connectivity index (χ1v) is 10.3. The molecule has 0 unspecified atom stereocenters. The fourth-order valence-electron chi connectivity index (χ4n) is 3.81. The minimum atomic E-state index is -0.781. The lowest BCUT2D eigenvalue weighted by molar-refractivity contribution is -0.143. The summed E-state index contributed by atoms with van der Waals surface area (Å²) in [6.07, 6.45) is 4.48. The number of para-hydroxylation sites is 1. The molecule has 1 amide bonds. The molecule has 6 heteroatoms. The van der Waals surface area contributed by atoms with E-state index in [4.69, 9.17) is 4.74 Å². The lowest BCUT2D eigenvalue weighted by atomic mass is 10.1. The number of aromatic nitrogens is 1. The summed E-state index contributed by atoms with van der Waals surface area (Å²) in [4.78, 5) is 26.6.